The summed E-state index contributed by atoms with van der Waals surface area (Å²) < 4.78 is 65.3. The summed E-state index contributed by atoms with van der Waals surface area (Å²) in [5.41, 5.74) is -0.431. The standard InChI is InChI=1S/C11H13BrF3NO2S/c1-11(2,5-12)6-16-19(17,18)10-8(14)3-7(13)4-9(10)15/h3-4,16H,5-6H2,1-2H3. The van der Waals surface area contributed by atoms with E-state index in [1.165, 1.54) is 0 Å². The van der Waals surface area contributed by atoms with E-state index in [0.717, 1.165) is 0 Å². The van der Waals surface area contributed by atoms with Crippen LogP contribution in [-0.4, -0.2) is 20.3 Å². The highest BCUT2D eigenvalue weighted by molar-refractivity contribution is 9.09. The Bertz CT molecular complexity index is 552. The molecule has 0 saturated heterocycles. The van der Waals surface area contributed by atoms with Gasteiger partial charge < -0.3 is 0 Å². The number of hydrogen-bond donors (Lipinski definition) is 1. The molecule has 1 rings (SSSR count). The fraction of sp³-hybridized carbons (Fsp3) is 0.455. The summed E-state index contributed by atoms with van der Waals surface area (Å²) >= 11 is 3.20. The van der Waals surface area contributed by atoms with Crippen LogP contribution in [0.2, 0.25) is 0 Å². The molecule has 1 aromatic carbocycles. The number of sulfonamides is 1. The van der Waals surface area contributed by atoms with Gasteiger partial charge in [-0.2, -0.15) is 0 Å². The van der Waals surface area contributed by atoms with Crippen LogP contribution >= 0.6 is 15.9 Å². The Morgan fingerprint density at radius 2 is 1.68 bits per heavy atom. The van der Waals surface area contributed by atoms with E-state index in [1.807, 2.05) is 0 Å². The quantitative estimate of drug-likeness (QED) is 0.821. The number of halogens is 4. The first-order valence-electron chi connectivity index (χ1n) is 5.29. The average Bonchev–Trinajstić information content (AvgIpc) is 2.25. The molecule has 0 aromatic heterocycles. The Balaban J connectivity index is 3.09. The first kappa shape index (κ1) is 16.5. The predicted octanol–water partition coefficient (Wildman–Crippen LogP) is 2.80. The maximum Gasteiger partial charge on any atom is 0.246 e. The molecule has 0 saturated carbocycles. The second-order valence-corrected chi connectivity index (χ2v) is 7.09. The van der Waals surface area contributed by atoms with Gasteiger partial charge in [0.1, 0.15) is 17.5 Å². The molecule has 108 valence electrons. The summed E-state index contributed by atoms with van der Waals surface area (Å²) in [5.74, 6) is -4.09. The fourth-order valence-electron chi connectivity index (χ4n) is 1.20. The topological polar surface area (TPSA) is 46.2 Å². The molecule has 19 heavy (non-hydrogen) atoms. The minimum Gasteiger partial charge on any atom is -0.210 e. The molecule has 0 amide bonds. The first-order valence-corrected chi connectivity index (χ1v) is 7.90. The lowest BCUT2D eigenvalue weighted by molar-refractivity contribution is 0.417. The van der Waals surface area contributed by atoms with Crippen LogP contribution in [0.5, 0.6) is 0 Å². The molecule has 0 unspecified atom stereocenters. The highest BCUT2D eigenvalue weighted by Gasteiger charge is 2.27. The zero-order valence-electron chi connectivity index (χ0n) is 10.3. The number of hydrogen-bond acceptors (Lipinski definition) is 2. The molecule has 0 heterocycles. The molecule has 1 aromatic rings. The van der Waals surface area contributed by atoms with Gasteiger partial charge in [0.25, 0.3) is 0 Å². The minimum absolute atomic E-state index is 0.0170. The van der Waals surface area contributed by atoms with Crippen LogP contribution in [-0.2, 0) is 10.0 Å². The van der Waals surface area contributed by atoms with Crippen molar-refractivity contribution >= 4 is 26.0 Å². The third-order valence-electron chi connectivity index (χ3n) is 2.33. The normalized spacial score (nSPS) is 12.7. The van der Waals surface area contributed by atoms with Crippen molar-refractivity contribution in [3.63, 3.8) is 0 Å². The van der Waals surface area contributed by atoms with Crippen molar-refractivity contribution in [2.24, 2.45) is 5.41 Å². The van der Waals surface area contributed by atoms with Crippen LogP contribution in [0.1, 0.15) is 13.8 Å². The Hall–Kier alpha value is -0.600. The maximum atomic E-state index is 13.4. The van der Waals surface area contributed by atoms with Gasteiger partial charge in [-0.05, 0) is 5.41 Å². The molecule has 3 nitrogen and oxygen atoms in total. The summed E-state index contributed by atoms with van der Waals surface area (Å²) in [6.45, 7) is 3.51. The van der Waals surface area contributed by atoms with E-state index in [0.29, 0.717) is 17.5 Å². The van der Waals surface area contributed by atoms with Crippen molar-refractivity contribution in [2.75, 3.05) is 11.9 Å². The Morgan fingerprint density at radius 3 is 2.11 bits per heavy atom. The Kier molecular flexibility index (Phi) is 5.02. The molecule has 0 aliphatic rings. The summed E-state index contributed by atoms with van der Waals surface area (Å²) in [7, 11) is -4.37. The van der Waals surface area contributed by atoms with E-state index in [-0.39, 0.29) is 6.54 Å². The lowest BCUT2D eigenvalue weighted by atomic mass is 9.98. The van der Waals surface area contributed by atoms with Gasteiger partial charge >= 0.3 is 0 Å². The summed E-state index contributed by atoms with van der Waals surface area (Å²) in [5, 5.41) is 0.497. The molecule has 0 aliphatic carbocycles. The highest BCUT2D eigenvalue weighted by Crippen LogP contribution is 2.22. The first-order chi connectivity index (χ1) is 8.59. The number of rotatable bonds is 5. The van der Waals surface area contributed by atoms with E-state index >= 15 is 0 Å². The molecule has 0 bridgehead atoms. The number of alkyl halides is 1. The largest absolute Gasteiger partial charge is 0.246 e. The van der Waals surface area contributed by atoms with Crippen molar-refractivity contribution in [3.8, 4) is 0 Å². The van der Waals surface area contributed by atoms with Gasteiger partial charge in [0.2, 0.25) is 10.0 Å². The van der Waals surface area contributed by atoms with Gasteiger partial charge in [-0.15, -0.1) is 0 Å². The van der Waals surface area contributed by atoms with Crippen LogP contribution in [0.3, 0.4) is 0 Å². The molecule has 0 aliphatic heterocycles. The van der Waals surface area contributed by atoms with Gasteiger partial charge in [-0.3, -0.25) is 0 Å². The van der Waals surface area contributed by atoms with Gasteiger partial charge in [0.05, 0.1) is 0 Å². The Morgan fingerprint density at radius 1 is 1.21 bits per heavy atom. The van der Waals surface area contributed by atoms with Crippen LogP contribution in [0.25, 0.3) is 0 Å². The van der Waals surface area contributed by atoms with Gasteiger partial charge in [-0.25, -0.2) is 26.3 Å². The molecular weight excluding hydrogens is 347 g/mol. The van der Waals surface area contributed by atoms with Gasteiger partial charge in [0, 0.05) is 24.0 Å². The molecular formula is C11H13BrF3NO2S. The SMILES string of the molecule is CC(C)(CBr)CNS(=O)(=O)c1c(F)cc(F)cc1F. The summed E-state index contributed by atoms with van der Waals surface area (Å²) in [6, 6.07) is 0.653. The minimum atomic E-state index is -4.37. The van der Waals surface area contributed by atoms with Crippen LogP contribution in [0.15, 0.2) is 17.0 Å². The van der Waals surface area contributed by atoms with Gasteiger partial charge in [0.15, 0.2) is 4.90 Å². The molecule has 0 radical (unpaired) electrons. The van der Waals surface area contributed by atoms with E-state index < -0.39 is 37.8 Å². The van der Waals surface area contributed by atoms with Crippen molar-refractivity contribution in [1.82, 2.24) is 4.72 Å². The predicted molar refractivity (Wildman–Crippen MR) is 69.1 cm³/mol. The average molecular weight is 360 g/mol. The van der Waals surface area contributed by atoms with E-state index in [9.17, 15) is 21.6 Å². The monoisotopic (exact) mass is 359 g/mol. The molecule has 0 spiro atoms. The zero-order chi connectivity index (χ0) is 14.8. The lowest BCUT2D eigenvalue weighted by Gasteiger charge is -2.22. The van der Waals surface area contributed by atoms with Crippen LogP contribution in [0.4, 0.5) is 13.2 Å². The van der Waals surface area contributed by atoms with Crippen LogP contribution in [0, 0.1) is 22.9 Å². The second-order valence-electron chi connectivity index (χ2n) is 4.82. The third kappa shape index (κ3) is 4.19. The fourth-order valence-corrected chi connectivity index (χ4v) is 2.75. The molecule has 0 fully saturated rings. The van der Waals surface area contributed by atoms with Crippen molar-refractivity contribution in [2.45, 2.75) is 18.7 Å². The number of nitrogens with one attached hydrogen (secondary N) is 1. The Labute approximate surface area is 118 Å². The molecule has 1 N–H and O–H groups in total. The summed E-state index contributed by atoms with van der Waals surface area (Å²) in [6.07, 6.45) is 0. The van der Waals surface area contributed by atoms with Crippen molar-refractivity contribution in [3.05, 3.63) is 29.6 Å². The van der Waals surface area contributed by atoms with Crippen molar-refractivity contribution < 1.29 is 21.6 Å². The second kappa shape index (κ2) is 5.80. The molecule has 8 heteroatoms. The van der Waals surface area contributed by atoms with E-state index in [1.54, 1.807) is 13.8 Å². The smallest absolute Gasteiger partial charge is 0.210 e. The van der Waals surface area contributed by atoms with Gasteiger partial charge in [-0.1, -0.05) is 29.8 Å². The lowest BCUT2D eigenvalue weighted by Crippen LogP contribution is -2.35. The molecule has 0 atom stereocenters. The zero-order valence-corrected chi connectivity index (χ0v) is 12.7. The maximum absolute atomic E-state index is 13.4. The summed E-state index contributed by atoms with van der Waals surface area (Å²) in [4.78, 5) is -1.17. The van der Waals surface area contributed by atoms with E-state index in [2.05, 4.69) is 20.7 Å². The number of benzene rings is 1. The van der Waals surface area contributed by atoms with E-state index in [4.69, 9.17) is 0 Å². The highest BCUT2D eigenvalue weighted by atomic mass is 79.9. The van der Waals surface area contributed by atoms with Crippen LogP contribution < -0.4 is 4.72 Å². The third-order valence-corrected chi connectivity index (χ3v) is 5.30. The van der Waals surface area contributed by atoms with Crippen molar-refractivity contribution in [1.29, 1.82) is 0 Å².